The van der Waals surface area contributed by atoms with Crippen molar-refractivity contribution in [2.75, 3.05) is 39.3 Å². The molecule has 112 valence electrons. The number of rotatable bonds is 8. The van der Waals surface area contributed by atoms with E-state index in [9.17, 15) is 4.79 Å². The van der Waals surface area contributed by atoms with Crippen LogP contribution in [-0.4, -0.2) is 61.0 Å². The fraction of sp³-hybridized carbons (Fsp3) is 0.933. The summed E-state index contributed by atoms with van der Waals surface area (Å²) in [5, 5.41) is 3.42. The molecule has 0 radical (unpaired) electrons. The molecule has 0 aromatic carbocycles. The minimum absolute atomic E-state index is 0.316. The van der Waals surface area contributed by atoms with E-state index >= 15 is 0 Å². The number of piperazine rings is 1. The van der Waals surface area contributed by atoms with Gasteiger partial charge < -0.3 is 10.2 Å². The lowest BCUT2D eigenvalue weighted by Gasteiger charge is -2.33. The lowest BCUT2D eigenvalue weighted by Crippen LogP contribution is -2.52. The second-order valence-corrected chi connectivity index (χ2v) is 5.68. The normalized spacial score (nSPS) is 20.5. The van der Waals surface area contributed by atoms with E-state index in [0.717, 1.165) is 58.4 Å². The number of hydrogen-bond donors (Lipinski definition) is 1. The van der Waals surface area contributed by atoms with Crippen molar-refractivity contribution in [3.63, 3.8) is 0 Å². The first-order chi connectivity index (χ1) is 9.17. The van der Waals surface area contributed by atoms with Gasteiger partial charge in [-0.1, -0.05) is 26.7 Å². The molecular formula is C15H31N3O. The molecule has 1 aliphatic heterocycles. The highest BCUT2D eigenvalue weighted by Gasteiger charge is 2.20. The second-order valence-electron chi connectivity index (χ2n) is 5.68. The van der Waals surface area contributed by atoms with Crippen molar-refractivity contribution in [1.82, 2.24) is 15.1 Å². The van der Waals surface area contributed by atoms with E-state index < -0.39 is 0 Å². The van der Waals surface area contributed by atoms with Crippen molar-refractivity contribution < 1.29 is 4.79 Å². The van der Waals surface area contributed by atoms with Gasteiger partial charge in [0.1, 0.15) is 0 Å². The largest absolute Gasteiger partial charge is 0.342 e. The summed E-state index contributed by atoms with van der Waals surface area (Å²) in [6, 6.07) is 0.501. The summed E-state index contributed by atoms with van der Waals surface area (Å²) in [4.78, 5) is 16.7. The quantitative estimate of drug-likeness (QED) is 0.728. The monoisotopic (exact) mass is 269 g/mol. The average Bonchev–Trinajstić information content (AvgIpc) is 2.38. The third-order valence-electron chi connectivity index (χ3n) is 3.73. The molecule has 4 heteroatoms. The van der Waals surface area contributed by atoms with Crippen molar-refractivity contribution in [2.24, 2.45) is 0 Å². The summed E-state index contributed by atoms with van der Waals surface area (Å²) in [6.07, 6.45) is 4.54. The maximum atomic E-state index is 12.4. The van der Waals surface area contributed by atoms with Crippen LogP contribution in [0.3, 0.4) is 0 Å². The van der Waals surface area contributed by atoms with E-state index in [1.165, 1.54) is 0 Å². The van der Waals surface area contributed by atoms with Gasteiger partial charge in [-0.2, -0.15) is 0 Å². The zero-order valence-corrected chi connectivity index (χ0v) is 13.0. The molecule has 0 saturated carbocycles. The minimum atomic E-state index is 0.316. The van der Waals surface area contributed by atoms with E-state index in [0.29, 0.717) is 18.5 Å². The van der Waals surface area contributed by atoms with E-state index in [-0.39, 0.29) is 0 Å². The number of unbranched alkanes of at least 4 members (excludes halogenated alkanes) is 2. The van der Waals surface area contributed by atoms with Gasteiger partial charge in [0, 0.05) is 38.8 Å². The van der Waals surface area contributed by atoms with Gasteiger partial charge in [-0.25, -0.2) is 0 Å². The van der Waals surface area contributed by atoms with Crippen molar-refractivity contribution in [1.29, 1.82) is 0 Å². The number of carbonyl (C=O) groups is 1. The summed E-state index contributed by atoms with van der Waals surface area (Å²) in [6.45, 7) is 12.0. The lowest BCUT2D eigenvalue weighted by molar-refractivity contribution is -0.132. The fourth-order valence-electron chi connectivity index (χ4n) is 2.51. The van der Waals surface area contributed by atoms with Crippen LogP contribution in [0, 0.1) is 0 Å². The summed E-state index contributed by atoms with van der Waals surface area (Å²) in [5.74, 6) is 0.316. The predicted octanol–water partition coefficient (Wildman–Crippen LogP) is 1.71. The van der Waals surface area contributed by atoms with Crippen LogP contribution in [-0.2, 0) is 4.79 Å². The van der Waals surface area contributed by atoms with Crippen molar-refractivity contribution in [3.8, 4) is 0 Å². The molecule has 1 rings (SSSR count). The molecule has 1 aliphatic rings. The Morgan fingerprint density at radius 2 is 1.89 bits per heavy atom. The number of carbonyl (C=O) groups excluding carboxylic acids is 1. The number of amides is 1. The first-order valence-corrected chi connectivity index (χ1v) is 7.90. The molecule has 1 heterocycles. The molecule has 0 aromatic heterocycles. The first-order valence-electron chi connectivity index (χ1n) is 7.90. The van der Waals surface area contributed by atoms with Crippen LogP contribution in [0.2, 0.25) is 0 Å². The number of nitrogens with zero attached hydrogens (tertiary/aromatic N) is 2. The summed E-state index contributed by atoms with van der Waals surface area (Å²) < 4.78 is 0. The summed E-state index contributed by atoms with van der Waals surface area (Å²) in [5.41, 5.74) is 0. The smallest absolute Gasteiger partial charge is 0.236 e. The van der Waals surface area contributed by atoms with Crippen LogP contribution >= 0.6 is 0 Å². The molecule has 0 aromatic rings. The van der Waals surface area contributed by atoms with Gasteiger partial charge in [-0.3, -0.25) is 9.69 Å². The Balaban J connectivity index is 2.40. The fourth-order valence-corrected chi connectivity index (χ4v) is 2.51. The zero-order valence-electron chi connectivity index (χ0n) is 13.0. The van der Waals surface area contributed by atoms with E-state index in [1.54, 1.807) is 0 Å². The molecule has 0 unspecified atom stereocenters. The van der Waals surface area contributed by atoms with Crippen LogP contribution in [0.25, 0.3) is 0 Å². The molecule has 1 saturated heterocycles. The van der Waals surface area contributed by atoms with Gasteiger partial charge in [0.2, 0.25) is 5.91 Å². The van der Waals surface area contributed by atoms with Crippen LogP contribution in [0.1, 0.15) is 46.5 Å². The summed E-state index contributed by atoms with van der Waals surface area (Å²) >= 11 is 0. The molecule has 1 fully saturated rings. The van der Waals surface area contributed by atoms with Crippen molar-refractivity contribution in [3.05, 3.63) is 0 Å². The Hall–Kier alpha value is -0.610. The molecular weight excluding hydrogens is 238 g/mol. The molecule has 0 bridgehead atoms. The standard InChI is InChI=1S/C15H31N3O/c1-4-6-9-18(10-7-5-2)15(19)13-17-11-8-16-14(3)12-17/h14,16H,4-13H2,1-3H3/t14-/m0/s1. The van der Waals surface area contributed by atoms with Crippen LogP contribution in [0.4, 0.5) is 0 Å². The van der Waals surface area contributed by atoms with E-state index in [2.05, 4.69) is 35.9 Å². The predicted molar refractivity (Wildman–Crippen MR) is 80.3 cm³/mol. The molecule has 1 N–H and O–H groups in total. The van der Waals surface area contributed by atoms with Gasteiger partial charge >= 0.3 is 0 Å². The first kappa shape index (κ1) is 16.4. The van der Waals surface area contributed by atoms with Crippen LogP contribution in [0.15, 0.2) is 0 Å². The Kier molecular flexibility index (Phi) is 8.07. The maximum absolute atomic E-state index is 12.4. The van der Waals surface area contributed by atoms with E-state index in [1.807, 2.05) is 0 Å². The van der Waals surface area contributed by atoms with Crippen molar-refractivity contribution in [2.45, 2.75) is 52.5 Å². The number of hydrogen-bond acceptors (Lipinski definition) is 3. The third-order valence-corrected chi connectivity index (χ3v) is 3.73. The highest BCUT2D eigenvalue weighted by atomic mass is 16.2. The van der Waals surface area contributed by atoms with Gasteiger partial charge in [0.05, 0.1) is 6.54 Å². The highest BCUT2D eigenvalue weighted by molar-refractivity contribution is 5.78. The maximum Gasteiger partial charge on any atom is 0.236 e. The number of nitrogens with one attached hydrogen (secondary N) is 1. The molecule has 1 amide bonds. The second kappa shape index (κ2) is 9.32. The van der Waals surface area contributed by atoms with E-state index in [4.69, 9.17) is 0 Å². The Labute approximate surface area is 118 Å². The zero-order chi connectivity index (χ0) is 14.1. The topological polar surface area (TPSA) is 35.6 Å². The average molecular weight is 269 g/mol. The van der Waals surface area contributed by atoms with Crippen LogP contribution < -0.4 is 5.32 Å². The Morgan fingerprint density at radius 3 is 2.42 bits per heavy atom. The van der Waals surface area contributed by atoms with Gasteiger partial charge in [-0.05, 0) is 19.8 Å². The third kappa shape index (κ3) is 6.39. The SMILES string of the molecule is CCCCN(CCCC)C(=O)CN1CCN[C@@H](C)C1. The summed E-state index contributed by atoms with van der Waals surface area (Å²) in [7, 11) is 0. The van der Waals surface area contributed by atoms with Crippen molar-refractivity contribution >= 4 is 5.91 Å². The van der Waals surface area contributed by atoms with Gasteiger partial charge in [0.15, 0.2) is 0 Å². The van der Waals surface area contributed by atoms with Gasteiger partial charge in [0.25, 0.3) is 0 Å². The minimum Gasteiger partial charge on any atom is -0.342 e. The Bertz CT molecular complexity index is 250. The highest BCUT2D eigenvalue weighted by Crippen LogP contribution is 2.04. The molecule has 1 atom stereocenters. The van der Waals surface area contributed by atoms with Gasteiger partial charge in [-0.15, -0.1) is 0 Å². The Morgan fingerprint density at radius 1 is 1.26 bits per heavy atom. The molecule has 0 spiro atoms. The molecule has 0 aliphatic carbocycles. The lowest BCUT2D eigenvalue weighted by atomic mass is 10.2. The van der Waals surface area contributed by atoms with Crippen LogP contribution in [0.5, 0.6) is 0 Å². The molecule has 19 heavy (non-hydrogen) atoms. The molecule has 4 nitrogen and oxygen atoms in total.